The van der Waals surface area contributed by atoms with Crippen LogP contribution >= 0.6 is 11.3 Å². The molecule has 1 rings (SSSR count). The molecule has 0 atom stereocenters. The average molecular weight is 233 g/mol. The summed E-state index contributed by atoms with van der Waals surface area (Å²) in [6.07, 6.45) is -1.24. The molecule has 0 amide bonds. The summed E-state index contributed by atoms with van der Waals surface area (Å²) in [6.45, 7) is 4.65. The van der Waals surface area contributed by atoms with Gasteiger partial charge in [0.1, 0.15) is 0 Å². The Balaban J connectivity index is 2.43. The van der Waals surface area contributed by atoms with Crippen LogP contribution in [0.4, 0.5) is 8.78 Å². The highest BCUT2D eigenvalue weighted by atomic mass is 32.1. The number of thiophene rings is 1. The summed E-state index contributed by atoms with van der Waals surface area (Å²) in [7, 11) is 0. The molecule has 1 aromatic heterocycles. The van der Waals surface area contributed by atoms with Crippen LogP contribution in [0.15, 0.2) is 10.8 Å². The van der Waals surface area contributed by atoms with Gasteiger partial charge in [-0.1, -0.05) is 13.8 Å². The molecule has 0 radical (unpaired) electrons. The lowest BCUT2D eigenvalue weighted by molar-refractivity contribution is 0.145. The summed E-state index contributed by atoms with van der Waals surface area (Å²) in [5.74, 6) is 0.605. The lowest BCUT2D eigenvalue weighted by atomic mass is 10.0. The smallest absolute Gasteiger partial charge is 0.250 e. The van der Waals surface area contributed by atoms with Gasteiger partial charge in [0.15, 0.2) is 0 Å². The Morgan fingerprint density at radius 3 is 2.53 bits per heavy atom. The van der Waals surface area contributed by atoms with Gasteiger partial charge in [0.2, 0.25) is 0 Å². The summed E-state index contributed by atoms with van der Waals surface area (Å²) in [6, 6.07) is 0. The molecule has 0 aromatic carbocycles. The maximum atomic E-state index is 11.9. The molecule has 0 unspecified atom stereocenters. The minimum Gasteiger partial charge on any atom is -0.307 e. The van der Waals surface area contributed by atoms with E-state index < -0.39 is 6.43 Å². The van der Waals surface area contributed by atoms with Crippen molar-refractivity contribution >= 4 is 11.3 Å². The molecule has 0 aliphatic heterocycles. The predicted octanol–water partition coefficient (Wildman–Crippen LogP) is 3.30. The first-order chi connectivity index (χ1) is 7.09. The van der Waals surface area contributed by atoms with Gasteiger partial charge in [-0.2, -0.15) is 11.3 Å². The predicted molar refractivity (Wildman–Crippen MR) is 60.6 cm³/mol. The van der Waals surface area contributed by atoms with E-state index in [2.05, 4.69) is 24.5 Å². The number of hydrogen-bond acceptors (Lipinski definition) is 2. The highest BCUT2D eigenvalue weighted by Crippen LogP contribution is 2.18. The molecule has 4 heteroatoms. The Morgan fingerprint density at radius 2 is 1.93 bits per heavy atom. The summed E-state index contributed by atoms with van der Waals surface area (Å²) >= 11 is 1.64. The summed E-state index contributed by atoms with van der Waals surface area (Å²) in [4.78, 5) is 0. The van der Waals surface area contributed by atoms with Crippen molar-refractivity contribution < 1.29 is 8.78 Å². The van der Waals surface area contributed by atoms with Crippen LogP contribution in [0.3, 0.4) is 0 Å². The molecule has 0 saturated carbocycles. The van der Waals surface area contributed by atoms with Crippen LogP contribution in [0.5, 0.6) is 0 Å². The van der Waals surface area contributed by atoms with Crippen LogP contribution in [0.2, 0.25) is 0 Å². The summed E-state index contributed by atoms with van der Waals surface area (Å²) < 4.78 is 23.8. The molecule has 86 valence electrons. The van der Waals surface area contributed by atoms with Crippen LogP contribution < -0.4 is 5.32 Å². The van der Waals surface area contributed by atoms with Gasteiger partial charge in [-0.05, 0) is 34.2 Å². The molecule has 0 aliphatic rings. The van der Waals surface area contributed by atoms with Crippen molar-refractivity contribution in [3.05, 3.63) is 21.9 Å². The van der Waals surface area contributed by atoms with E-state index in [4.69, 9.17) is 0 Å². The van der Waals surface area contributed by atoms with Gasteiger partial charge in [0.25, 0.3) is 6.43 Å². The van der Waals surface area contributed by atoms with E-state index in [9.17, 15) is 8.78 Å². The van der Waals surface area contributed by atoms with Gasteiger partial charge < -0.3 is 5.32 Å². The van der Waals surface area contributed by atoms with E-state index >= 15 is 0 Å². The van der Waals surface area contributed by atoms with E-state index in [1.54, 1.807) is 11.3 Å². The Bertz CT molecular complexity index is 284. The van der Waals surface area contributed by atoms with Gasteiger partial charge in [0, 0.05) is 6.54 Å². The van der Waals surface area contributed by atoms with E-state index in [0.29, 0.717) is 12.5 Å². The minimum absolute atomic E-state index is 0.225. The van der Waals surface area contributed by atoms with Gasteiger partial charge in [-0.3, -0.25) is 0 Å². The van der Waals surface area contributed by atoms with Gasteiger partial charge in [-0.25, -0.2) is 8.78 Å². The molecule has 1 N–H and O–H groups in total. The number of nitrogens with one attached hydrogen (secondary N) is 1. The third kappa shape index (κ3) is 4.71. The number of alkyl halides is 2. The Hall–Kier alpha value is -0.480. The standard InChI is InChI=1S/C11H17F2NS/c1-8(2)3-9-6-15-7-10(9)4-14-5-11(12)13/h6-8,11,14H,3-5H2,1-2H3. The average Bonchev–Trinajstić information content (AvgIpc) is 2.51. The fourth-order valence-electron chi connectivity index (χ4n) is 1.44. The first kappa shape index (κ1) is 12.6. The first-order valence-electron chi connectivity index (χ1n) is 5.12. The van der Waals surface area contributed by atoms with Crippen LogP contribution in [0.25, 0.3) is 0 Å². The second-order valence-electron chi connectivity index (χ2n) is 4.04. The van der Waals surface area contributed by atoms with Crippen molar-refractivity contribution in [1.82, 2.24) is 5.32 Å². The largest absolute Gasteiger partial charge is 0.307 e. The Labute approximate surface area is 93.5 Å². The van der Waals surface area contributed by atoms with Crippen LogP contribution in [0.1, 0.15) is 25.0 Å². The second-order valence-corrected chi connectivity index (χ2v) is 4.79. The number of halogens is 2. The van der Waals surface area contributed by atoms with Gasteiger partial charge >= 0.3 is 0 Å². The van der Waals surface area contributed by atoms with Crippen LogP contribution in [-0.2, 0) is 13.0 Å². The Morgan fingerprint density at radius 1 is 1.27 bits per heavy atom. The zero-order valence-electron chi connectivity index (χ0n) is 9.09. The summed E-state index contributed by atoms with van der Waals surface area (Å²) in [5.41, 5.74) is 2.45. The highest BCUT2D eigenvalue weighted by molar-refractivity contribution is 7.08. The maximum Gasteiger partial charge on any atom is 0.250 e. The topological polar surface area (TPSA) is 12.0 Å². The molecule has 0 saturated heterocycles. The van der Waals surface area contributed by atoms with E-state index in [1.165, 1.54) is 5.56 Å². The van der Waals surface area contributed by atoms with Crippen LogP contribution in [0, 0.1) is 5.92 Å². The summed E-state index contributed by atoms with van der Waals surface area (Å²) in [5, 5.41) is 6.91. The van der Waals surface area contributed by atoms with E-state index in [1.807, 2.05) is 5.38 Å². The fourth-order valence-corrected chi connectivity index (χ4v) is 2.32. The van der Waals surface area contributed by atoms with Gasteiger partial charge in [0.05, 0.1) is 6.54 Å². The third-order valence-corrected chi connectivity index (χ3v) is 2.92. The van der Waals surface area contributed by atoms with Crippen molar-refractivity contribution in [2.24, 2.45) is 5.92 Å². The first-order valence-corrected chi connectivity index (χ1v) is 6.06. The Kier molecular flexibility index (Phi) is 5.19. The highest BCUT2D eigenvalue weighted by Gasteiger charge is 2.07. The second kappa shape index (κ2) is 6.18. The maximum absolute atomic E-state index is 11.9. The van der Waals surface area contributed by atoms with Crippen molar-refractivity contribution in [3.63, 3.8) is 0 Å². The third-order valence-electron chi connectivity index (χ3n) is 2.08. The minimum atomic E-state index is -2.27. The SMILES string of the molecule is CC(C)Cc1cscc1CNCC(F)F. The lowest BCUT2D eigenvalue weighted by Gasteiger charge is -2.07. The molecular weight excluding hydrogens is 216 g/mol. The molecule has 0 spiro atoms. The molecule has 1 heterocycles. The molecule has 0 aliphatic carbocycles. The molecule has 1 nitrogen and oxygen atoms in total. The van der Waals surface area contributed by atoms with Gasteiger partial charge in [-0.15, -0.1) is 0 Å². The molecule has 0 fully saturated rings. The number of rotatable bonds is 6. The zero-order valence-corrected chi connectivity index (χ0v) is 9.91. The fraction of sp³-hybridized carbons (Fsp3) is 0.636. The van der Waals surface area contributed by atoms with Crippen molar-refractivity contribution in [2.45, 2.75) is 33.2 Å². The zero-order chi connectivity index (χ0) is 11.3. The van der Waals surface area contributed by atoms with Crippen molar-refractivity contribution in [2.75, 3.05) is 6.54 Å². The molecule has 15 heavy (non-hydrogen) atoms. The van der Waals surface area contributed by atoms with E-state index in [-0.39, 0.29) is 6.54 Å². The molecule has 1 aromatic rings. The van der Waals surface area contributed by atoms with E-state index in [0.717, 1.165) is 12.0 Å². The monoisotopic (exact) mass is 233 g/mol. The van der Waals surface area contributed by atoms with Crippen LogP contribution in [-0.4, -0.2) is 13.0 Å². The van der Waals surface area contributed by atoms with Crippen molar-refractivity contribution in [1.29, 1.82) is 0 Å². The van der Waals surface area contributed by atoms with Crippen molar-refractivity contribution in [3.8, 4) is 0 Å². The lowest BCUT2D eigenvalue weighted by Crippen LogP contribution is -2.21. The number of hydrogen-bond donors (Lipinski definition) is 1. The normalized spacial score (nSPS) is 11.6. The quantitative estimate of drug-likeness (QED) is 0.795. The molecular formula is C11H17F2NS. The molecule has 0 bridgehead atoms.